The molecule has 2 N–H and O–H groups in total. The number of rotatable bonds is 2. The summed E-state index contributed by atoms with van der Waals surface area (Å²) in [5.41, 5.74) is 0.735. The van der Waals surface area contributed by atoms with Gasteiger partial charge in [-0.1, -0.05) is 30.3 Å². The highest BCUT2D eigenvalue weighted by atomic mass is 16.6. The number of amides is 1. The Labute approximate surface area is 114 Å². The van der Waals surface area contributed by atoms with E-state index < -0.39 is 5.60 Å². The Morgan fingerprint density at radius 3 is 2.63 bits per heavy atom. The molecule has 1 aromatic carbocycles. The topological polar surface area (TPSA) is 50.4 Å². The molecule has 1 aromatic rings. The van der Waals surface area contributed by atoms with E-state index in [0.29, 0.717) is 0 Å². The van der Waals surface area contributed by atoms with Gasteiger partial charge in [-0.15, -0.1) is 0 Å². The van der Waals surface area contributed by atoms with Crippen LogP contribution in [0, 0.1) is 0 Å². The van der Waals surface area contributed by atoms with Crippen molar-refractivity contribution < 1.29 is 9.53 Å². The van der Waals surface area contributed by atoms with Crippen molar-refractivity contribution in [3.05, 3.63) is 35.9 Å². The number of ether oxygens (including phenoxy) is 1. The normalized spacial score (nSPS) is 23.1. The molecule has 0 radical (unpaired) electrons. The van der Waals surface area contributed by atoms with Gasteiger partial charge in [0.25, 0.3) is 0 Å². The van der Waals surface area contributed by atoms with Crippen molar-refractivity contribution in [1.82, 2.24) is 10.6 Å². The highest BCUT2D eigenvalue weighted by Gasteiger charge is 2.30. The molecule has 0 aromatic heterocycles. The molecule has 19 heavy (non-hydrogen) atoms. The molecule has 1 fully saturated rings. The van der Waals surface area contributed by atoms with E-state index in [1.807, 2.05) is 39.0 Å². The lowest BCUT2D eigenvalue weighted by Gasteiger charge is -2.24. The molecule has 1 amide bonds. The smallest absolute Gasteiger partial charge is 0.407 e. The van der Waals surface area contributed by atoms with Gasteiger partial charge in [-0.25, -0.2) is 4.79 Å². The van der Waals surface area contributed by atoms with Gasteiger partial charge in [-0.2, -0.15) is 0 Å². The minimum absolute atomic E-state index is 0.0808. The highest BCUT2D eigenvalue weighted by molar-refractivity contribution is 5.68. The summed E-state index contributed by atoms with van der Waals surface area (Å²) in [6.45, 7) is 6.51. The van der Waals surface area contributed by atoms with E-state index in [1.54, 1.807) is 0 Å². The predicted molar refractivity (Wildman–Crippen MR) is 75.0 cm³/mol. The molecule has 0 spiro atoms. The average molecular weight is 262 g/mol. The van der Waals surface area contributed by atoms with Crippen LogP contribution in [-0.4, -0.2) is 24.3 Å². The molecule has 0 saturated carbocycles. The summed E-state index contributed by atoms with van der Waals surface area (Å²) in [4.78, 5) is 11.8. The largest absolute Gasteiger partial charge is 0.444 e. The second-order valence-electron chi connectivity index (χ2n) is 5.88. The maximum atomic E-state index is 11.8. The molecule has 0 bridgehead atoms. The number of nitrogens with one attached hydrogen (secondary N) is 2. The number of alkyl carbamates (subject to hydrolysis) is 1. The van der Waals surface area contributed by atoms with E-state index in [9.17, 15) is 4.79 Å². The Morgan fingerprint density at radius 2 is 2.00 bits per heavy atom. The zero-order chi connectivity index (χ0) is 13.9. The number of hydrogen-bond acceptors (Lipinski definition) is 3. The van der Waals surface area contributed by atoms with Crippen LogP contribution < -0.4 is 10.6 Å². The number of carbonyl (C=O) groups excluding carboxylic acids is 1. The predicted octanol–water partition coefficient (Wildman–Crippen LogP) is 2.61. The van der Waals surface area contributed by atoms with E-state index >= 15 is 0 Å². The molecule has 4 heteroatoms. The third kappa shape index (κ3) is 3.96. The zero-order valence-electron chi connectivity index (χ0n) is 11.8. The number of carbonyl (C=O) groups is 1. The maximum Gasteiger partial charge on any atom is 0.407 e. The summed E-state index contributed by atoms with van der Waals surface area (Å²) in [6.07, 6.45) is 0.570. The Kier molecular flexibility index (Phi) is 4.10. The molecule has 4 nitrogen and oxygen atoms in total. The van der Waals surface area contributed by atoms with Crippen LogP contribution in [0.5, 0.6) is 0 Å². The first kappa shape index (κ1) is 13.9. The third-order valence-corrected chi connectivity index (χ3v) is 3.08. The molecule has 1 aliphatic heterocycles. The Hall–Kier alpha value is -1.55. The van der Waals surface area contributed by atoms with Crippen molar-refractivity contribution >= 4 is 6.09 Å². The molecule has 104 valence electrons. The van der Waals surface area contributed by atoms with Crippen LogP contribution in [0.15, 0.2) is 30.3 Å². The molecule has 2 atom stereocenters. The van der Waals surface area contributed by atoms with Gasteiger partial charge in [0.2, 0.25) is 0 Å². The highest BCUT2D eigenvalue weighted by Crippen LogP contribution is 2.23. The van der Waals surface area contributed by atoms with Gasteiger partial charge < -0.3 is 15.4 Å². The number of benzene rings is 1. The summed E-state index contributed by atoms with van der Waals surface area (Å²) in [5, 5.41) is 6.38. The Balaban J connectivity index is 1.98. The van der Waals surface area contributed by atoms with Crippen molar-refractivity contribution in [2.24, 2.45) is 0 Å². The van der Waals surface area contributed by atoms with Gasteiger partial charge in [0, 0.05) is 0 Å². The summed E-state index contributed by atoms with van der Waals surface area (Å²) in [6, 6.07) is 10.4. The second-order valence-corrected chi connectivity index (χ2v) is 5.88. The van der Waals surface area contributed by atoms with Crippen LogP contribution in [0.25, 0.3) is 0 Å². The molecular formula is C15H22N2O2. The number of hydrogen-bond donors (Lipinski definition) is 2. The summed E-state index contributed by atoms with van der Waals surface area (Å²) in [7, 11) is 0. The first-order valence-electron chi connectivity index (χ1n) is 6.73. The van der Waals surface area contributed by atoms with Crippen LogP contribution >= 0.6 is 0 Å². The molecule has 0 aliphatic carbocycles. The minimum atomic E-state index is -0.460. The van der Waals surface area contributed by atoms with E-state index in [4.69, 9.17) is 4.74 Å². The average Bonchev–Trinajstić information content (AvgIpc) is 2.75. The zero-order valence-corrected chi connectivity index (χ0v) is 11.8. The lowest BCUT2D eigenvalue weighted by molar-refractivity contribution is 0.0500. The molecule has 2 unspecified atom stereocenters. The molecule has 1 heterocycles. The minimum Gasteiger partial charge on any atom is -0.444 e. The molecule has 2 rings (SSSR count). The SMILES string of the molecule is CC(C)(C)OC(=O)NC1CCNC1c1ccccc1. The quantitative estimate of drug-likeness (QED) is 0.861. The van der Waals surface area contributed by atoms with Gasteiger partial charge in [0.15, 0.2) is 0 Å². The Morgan fingerprint density at radius 1 is 1.32 bits per heavy atom. The van der Waals surface area contributed by atoms with Gasteiger partial charge in [0.05, 0.1) is 12.1 Å². The Bertz CT molecular complexity index is 426. The third-order valence-electron chi connectivity index (χ3n) is 3.08. The van der Waals surface area contributed by atoms with Crippen LogP contribution in [-0.2, 0) is 4.74 Å². The van der Waals surface area contributed by atoms with Gasteiger partial charge in [-0.3, -0.25) is 0 Å². The van der Waals surface area contributed by atoms with E-state index in [2.05, 4.69) is 22.8 Å². The molecule has 1 saturated heterocycles. The van der Waals surface area contributed by atoms with Crippen molar-refractivity contribution in [2.45, 2.75) is 44.9 Å². The van der Waals surface area contributed by atoms with Crippen LogP contribution in [0.2, 0.25) is 0 Å². The van der Waals surface area contributed by atoms with Gasteiger partial charge in [0.1, 0.15) is 5.60 Å². The summed E-state index contributed by atoms with van der Waals surface area (Å²) < 4.78 is 5.31. The maximum absolute atomic E-state index is 11.8. The summed E-state index contributed by atoms with van der Waals surface area (Å²) >= 11 is 0. The first-order valence-corrected chi connectivity index (χ1v) is 6.73. The fourth-order valence-electron chi connectivity index (χ4n) is 2.33. The van der Waals surface area contributed by atoms with Crippen molar-refractivity contribution in [3.8, 4) is 0 Å². The lowest BCUT2D eigenvalue weighted by atomic mass is 10.0. The van der Waals surface area contributed by atoms with Crippen molar-refractivity contribution in [3.63, 3.8) is 0 Å². The van der Waals surface area contributed by atoms with E-state index in [-0.39, 0.29) is 18.2 Å². The van der Waals surface area contributed by atoms with Crippen LogP contribution in [0.1, 0.15) is 38.8 Å². The van der Waals surface area contributed by atoms with E-state index in [0.717, 1.165) is 13.0 Å². The van der Waals surface area contributed by atoms with Crippen molar-refractivity contribution in [2.75, 3.05) is 6.54 Å². The van der Waals surface area contributed by atoms with Crippen LogP contribution in [0.3, 0.4) is 0 Å². The standard InChI is InChI=1S/C15H22N2O2/c1-15(2,3)19-14(18)17-12-9-10-16-13(12)11-7-5-4-6-8-11/h4-8,12-13,16H,9-10H2,1-3H3,(H,17,18). The fraction of sp³-hybridized carbons (Fsp3) is 0.533. The first-order chi connectivity index (χ1) is 8.96. The monoisotopic (exact) mass is 262 g/mol. The van der Waals surface area contributed by atoms with Gasteiger partial charge in [-0.05, 0) is 39.3 Å². The second kappa shape index (κ2) is 5.61. The van der Waals surface area contributed by atoms with Crippen LogP contribution in [0.4, 0.5) is 4.79 Å². The van der Waals surface area contributed by atoms with Gasteiger partial charge >= 0.3 is 6.09 Å². The van der Waals surface area contributed by atoms with Crippen molar-refractivity contribution in [1.29, 1.82) is 0 Å². The molecule has 1 aliphatic rings. The fourth-order valence-corrected chi connectivity index (χ4v) is 2.33. The molecular weight excluding hydrogens is 240 g/mol. The van der Waals surface area contributed by atoms with E-state index in [1.165, 1.54) is 5.56 Å². The lowest BCUT2D eigenvalue weighted by Crippen LogP contribution is -2.41. The summed E-state index contributed by atoms with van der Waals surface area (Å²) in [5.74, 6) is 0.